The molecule has 0 aliphatic carbocycles. The lowest BCUT2D eigenvalue weighted by Crippen LogP contribution is -2.19. The van der Waals surface area contributed by atoms with Gasteiger partial charge in [-0.1, -0.05) is 13.3 Å². The number of unbranched alkanes of at least 4 members (excludes halogenated alkanes) is 1. The van der Waals surface area contributed by atoms with Gasteiger partial charge in [-0.15, -0.1) is 0 Å². The number of carboxylic acid groups (broad SMARTS) is 1. The molecule has 0 saturated carbocycles. The zero-order chi connectivity index (χ0) is 12.1. The van der Waals surface area contributed by atoms with E-state index >= 15 is 0 Å². The summed E-state index contributed by atoms with van der Waals surface area (Å²) >= 11 is 0. The quantitative estimate of drug-likeness (QED) is 0.749. The van der Waals surface area contributed by atoms with Gasteiger partial charge in [-0.3, -0.25) is 0 Å². The maximum absolute atomic E-state index is 10.7. The SMILES string of the molecule is CCCCN(C)c1ccc(C(=O)O)cc1N. The largest absolute Gasteiger partial charge is 0.478 e. The number of aromatic carboxylic acids is 1. The van der Waals surface area contributed by atoms with Crippen LogP contribution in [0.5, 0.6) is 0 Å². The van der Waals surface area contributed by atoms with E-state index in [1.165, 1.54) is 6.07 Å². The van der Waals surface area contributed by atoms with Crippen LogP contribution >= 0.6 is 0 Å². The second kappa shape index (κ2) is 5.39. The first-order valence-corrected chi connectivity index (χ1v) is 5.40. The molecule has 1 aromatic rings. The van der Waals surface area contributed by atoms with Gasteiger partial charge < -0.3 is 15.7 Å². The molecule has 0 spiro atoms. The Morgan fingerprint density at radius 3 is 2.69 bits per heavy atom. The Labute approximate surface area is 95.7 Å². The van der Waals surface area contributed by atoms with Crippen molar-refractivity contribution in [2.45, 2.75) is 19.8 Å². The van der Waals surface area contributed by atoms with E-state index in [2.05, 4.69) is 6.92 Å². The molecule has 88 valence electrons. The van der Waals surface area contributed by atoms with Gasteiger partial charge >= 0.3 is 5.97 Å². The molecule has 0 aromatic heterocycles. The van der Waals surface area contributed by atoms with E-state index in [0.29, 0.717) is 5.69 Å². The number of rotatable bonds is 5. The first-order chi connectivity index (χ1) is 7.56. The Morgan fingerprint density at radius 2 is 2.19 bits per heavy atom. The van der Waals surface area contributed by atoms with Gasteiger partial charge in [-0.25, -0.2) is 4.79 Å². The number of nitrogen functional groups attached to an aromatic ring is 1. The van der Waals surface area contributed by atoms with Crippen LogP contribution in [-0.4, -0.2) is 24.7 Å². The lowest BCUT2D eigenvalue weighted by Gasteiger charge is -2.20. The zero-order valence-electron chi connectivity index (χ0n) is 9.73. The monoisotopic (exact) mass is 222 g/mol. The van der Waals surface area contributed by atoms with Crippen LogP contribution in [0.25, 0.3) is 0 Å². The molecule has 0 heterocycles. The van der Waals surface area contributed by atoms with Crippen LogP contribution in [0.2, 0.25) is 0 Å². The van der Waals surface area contributed by atoms with Crippen LogP contribution in [0.15, 0.2) is 18.2 Å². The van der Waals surface area contributed by atoms with Crippen molar-refractivity contribution in [3.05, 3.63) is 23.8 Å². The minimum Gasteiger partial charge on any atom is -0.478 e. The summed E-state index contributed by atoms with van der Waals surface area (Å²) < 4.78 is 0. The molecule has 0 unspecified atom stereocenters. The minimum absolute atomic E-state index is 0.227. The molecule has 1 aromatic carbocycles. The van der Waals surface area contributed by atoms with Crippen LogP contribution in [0, 0.1) is 0 Å². The number of benzene rings is 1. The summed E-state index contributed by atoms with van der Waals surface area (Å²) in [5.74, 6) is -0.950. The van der Waals surface area contributed by atoms with E-state index in [-0.39, 0.29) is 5.56 Å². The predicted octanol–water partition coefficient (Wildman–Crippen LogP) is 2.20. The molecule has 0 fully saturated rings. The van der Waals surface area contributed by atoms with Gasteiger partial charge in [0, 0.05) is 13.6 Å². The van der Waals surface area contributed by atoms with Crippen molar-refractivity contribution >= 4 is 17.3 Å². The van der Waals surface area contributed by atoms with E-state index < -0.39 is 5.97 Å². The number of hydrogen-bond donors (Lipinski definition) is 2. The van der Waals surface area contributed by atoms with Crippen molar-refractivity contribution in [2.24, 2.45) is 0 Å². The topological polar surface area (TPSA) is 66.6 Å². The Kier molecular flexibility index (Phi) is 4.17. The predicted molar refractivity (Wildman–Crippen MR) is 66.0 cm³/mol. The molecule has 0 saturated heterocycles. The van der Waals surface area contributed by atoms with Gasteiger partial charge in [-0.2, -0.15) is 0 Å². The fourth-order valence-electron chi connectivity index (χ4n) is 1.55. The van der Waals surface area contributed by atoms with Crippen molar-refractivity contribution in [2.75, 3.05) is 24.2 Å². The highest BCUT2D eigenvalue weighted by atomic mass is 16.4. The third kappa shape index (κ3) is 2.89. The lowest BCUT2D eigenvalue weighted by atomic mass is 10.1. The van der Waals surface area contributed by atoms with Crippen LogP contribution in [0.4, 0.5) is 11.4 Å². The minimum atomic E-state index is -0.950. The molecule has 0 radical (unpaired) electrons. The summed E-state index contributed by atoms with van der Waals surface area (Å²) in [7, 11) is 1.96. The number of carbonyl (C=O) groups is 1. The van der Waals surface area contributed by atoms with Crippen LogP contribution in [0.3, 0.4) is 0 Å². The van der Waals surface area contributed by atoms with Crippen LogP contribution in [-0.2, 0) is 0 Å². The summed E-state index contributed by atoms with van der Waals surface area (Å²) in [4.78, 5) is 12.8. The number of nitrogens with two attached hydrogens (primary N) is 1. The average Bonchev–Trinajstić information content (AvgIpc) is 2.25. The molecule has 4 nitrogen and oxygen atoms in total. The standard InChI is InChI=1S/C12H18N2O2/c1-3-4-7-14(2)11-6-5-9(12(15)16)8-10(11)13/h5-6,8H,3-4,7,13H2,1-2H3,(H,15,16). The van der Waals surface area contributed by atoms with Gasteiger partial charge in [0.15, 0.2) is 0 Å². The third-order valence-corrected chi connectivity index (χ3v) is 2.53. The number of anilines is 2. The molecular weight excluding hydrogens is 204 g/mol. The van der Waals surface area contributed by atoms with Gasteiger partial charge in [0.1, 0.15) is 0 Å². The molecule has 1 rings (SSSR count). The fraction of sp³-hybridized carbons (Fsp3) is 0.417. The molecule has 0 amide bonds. The molecule has 0 atom stereocenters. The maximum Gasteiger partial charge on any atom is 0.335 e. The molecule has 16 heavy (non-hydrogen) atoms. The van der Waals surface area contributed by atoms with Gasteiger partial charge in [0.05, 0.1) is 16.9 Å². The molecule has 0 aliphatic heterocycles. The zero-order valence-corrected chi connectivity index (χ0v) is 9.73. The summed E-state index contributed by atoms with van der Waals surface area (Å²) in [6.45, 7) is 3.05. The van der Waals surface area contributed by atoms with Crippen LogP contribution < -0.4 is 10.6 Å². The number of carboxylic acids is 1. The van der Waals surface area contributed by atoms with E-state index in [1.54, 1.807) is 12.1 Å². The van der Waals surface area contributed by atoms with E-state index in [4.69, 9.17) is 10.8 Å². The Balaban J connectivity index is 2.85. The van der Waals surface area contributed by atoms with E-state index in [0.717, 1.165) is 25.1 Å². The van der Waals surface area contributed by atoms with Crippen molar-refractivity contribution in [3.8, 4) is 0 Å². The van der Waals surface area contributed by atoms with Gasteiger partial charge in [-0.05, 0) is 24.6 Å². The lowest BCUT2D eigenvalue weighted by molar-refractivity contribution is 0.0697. The summed E-state index contributed by atoms with van der Waals surface area (Å²) in [6.07, 6.45) is 2.22. The molecule has 3 N–H and O–H groups in total. The Bertz CT molecular complexity index is 377. The second-order valence-corrected chi connectivity index (χ2v) is 3.85. The van der Waals surface area contributed by atoms with E-state index in [9.17, 15) is 4.79 Å². The molecule has 0 aliphatic rings. The van der Waals surface area contributed by atoms with Crippen molar-refractivity contribution < 1.29 is 9.90 Å². The first kappa shape index (κ1) is 12.4. The van der Waals surface area contributed by atoms with Gasteiger partial charge in [0.25, 0.3) is 0 Å². The highest BCUT2D eigenvalue weighted by molar-refractivity contribution is 5.90. The Morgan fingerprint density at radius 1 is 1.50 bits per heavy atom. The second-order valence-electron chi connectivity index (χ2n) is 3.85. The highest BCUT2D eigenvalue weighted by Gasteiger charge is 2.08. The van der Waals surface area contributed by atoms with Crippen molar-refractivity contribution in [3.63, 3.8) is 0 Å². The normalized spacial score (nSPS) is 10.1. The summed E-state index contributed by atoms with van der Waals surface area (Å²) in [5.41, 5.74) is 7.45. The maximum atomic E-state index is 10.7. The number of hydrogen-bond acceptors (Lipinski definition) is 3. The summed E-state index contributed by atoms with van der Waals surface area (Å²) in [6, 6.07) is 4.84. The summed E-state index contributed by atoms with van der Waals surface area (Å²) in [5, 5.41) is 8.81. The molecular formula is C12H18N2O2. The van der Waals surface area contributed by atoms with Gasteiger partial charge in [0.2, 0.25) is 0 Å². The molecule has 4 heteroatoms. The average molecular weight is 222 g/mol. The smallest absolute Gasteiger partial charge is 0.335 e. The first-order valence-electron chi connectivity index (χ1n) is 5.40. The van der Waals surface area contributed by atoms with Crippen LogP contribution in [0.1, 0.15) is 30.1 Å². The van der Waals surface area contributed by atoms with Crippen molar-refractivity contribution in [1.82, 2.24) is 0 Å². The fourth-order valence-corrected chi connectivity index (χ4v) is 1.55. The third-order valence-electron chi connectivity index (χ3n) is 2.53. The number of nitrogens with zero attached hydrogens (tertiary/aromatic N) is 1. The van der Waals surface area contributed by atoms with Crippen molar-refractivity contribution in [1.29, 1.82) is 0 Å². The Hall–Kier alpha value is -1.71. The van der Waals surface area contributed by atoms with E-state index in [1.807, 2.05) is 11.9 Å². The molecule has 0 bridgehead atoms. The highest BCUT2D eigenvalue weighted by Crippen LogP contribution is 2.23.